The molecule has 1 aliphatic rings. The Bertz CT molecular complexity index is 427. The Labute approximate surface area is 104 Å². The van der Waals surface area contributed by atoms with Gasteiger partial charge in [-0.2, -0.15) is 0 Å². The smallest absolute Gasteiger partial charge is 0.127 e. The lowest BCUT2D eigenvalue weighted by Gasteiger charge is -2.20. The van der Waals surface area contributed by atoms with E-state index in [9.17, 15) is 0 Å². The van der Waals surface area contributed by atoms with Gasteiger partial charge < -0.3 is 4.74 Å². The molecular weight excluding hydrogens is 208 g/mol. The molecule has 0 unspecified atom stereocenters. The van der Waals surface area contributed by atoms with Gasteiger partial charge >= 0.3 is 0 Å². The van der Waals surface area contributed by atoms with Gasteiger partial charge in [-0.3, -0.25) is 0 Å². The minimum absolute atomic E-state index is 0.536. The molecule has 92 valence electrons. The van der Waals surface area contributed by atoms with Crippen molar-refractivity contribution in [2.45, 2.75) is 40.0 Å². The molecule has 0 saturated heterocycles. The SMILES string of the molecule is CC(C)C1=CCCOc2cccc(C(C)C)c21. The van der Waals surface area contributed by atoms with Gasteiger partial charge in [0.2, 0.25) is 0 Å². The average Bonchev–Trinajstić information content (AvgIpc) is 2.50. The van der Waals surface area contributed by atoms with Gasteiger partial charge in [-0.1, -0.05) is 45.9 Å². The predicted octanol–water partition coefficient (Wildman–Crippen LogP) is 4.63. The summed E-state index contributed by atoms with van der Waals surface area (Å²) in [6.07, 6.45) is 3.36. The third-order valence-corrected chi connectivity index (χ3v) is 3.33. The van der Waals surface area contributed by atoms with Crippen LogP contribution < -0.4 is 4.74 Å². The van der Waals surface area contributed by atoms with Crippen LogP contribution >= 0.6 is 0 Å². The molecule has 0 spiro atoms. The molecule has 0 aliphatic carbocycles. The van der Waals surface area contributed by atoms with E-state index in [1.54, 1.807) is 0 Å². The van der Waals surface area contributed by atoms with Gasteiger partial charge in [0.15, 0.2) is 0 Å². The molecule has 1 heteroatoms. The predicted molar refractivity (Wildman–Crippen MR) is 73.5 cm³/mol. The molecular formula is C16H22O. The summed E-state index contributed by atoms with van der Waals surface area (Å²) < 4.78 is 5.87. The fourth-order valence-electron chi connectivity index (χ4n) is 2.47. The van der Waals surface area contributed by atoms with Crippen LogP contribution in [0.15, 0.2) is 24.3 Å². The zero-order chi connectivity index (χ0) is 12.4. The maximum absolute atomic E-state index is 5.87. The van der Waals surface area contributed by atoms with E-state index >= 15 is 0 Å². The summed E-state index contributed by atoms with van der Waals surface area (Å²) in [6, 6.07) is 6.44. The lowest BCUT2D eigenvalue weighted by Crippen LogP contribution is -2.02. The second kappa shape index (κ2) is 4.95. The van der Waals surface area contributed by atoms with Gasteiger partial charge in [-0.05, 0) is 29.0 Å². The first-order chi connectivity index (χ1) is 8.11. The molecule has 1 heterocycles. The van der Waals surface area contributed by atoms with Crippen LogP contribution in [0.2, 0.25) is 0 Å². The fraction of sp³-hybridized carbons (Fsp3) is 0.500. The van der Waals surface area contributed by atoms with Crippen molar-refractivity contribution in [3.8, 4) is 5.75 Å². The van der Waals surface area contributed by atoms with Crippen molar-refractivity contribution in [3.05, 3.63) is 35.4 Å². The number of allylic oxidation sites excluding steroid dienone is 1. The highest BCUT2D eigenvalue weighted by Crippen LogP contribution is 2.38. The molecule has 1 aromatic rings. The Morgan fingerprint density at radius 2 is 1.82 bits per heavy atom. The van der Waals surface area contributed by atoms with E-state index in [0.717, 1.165) is 18.8 Å². The van der Waals surface area contributed by atoms with E-state index in [1.807, 2.05) is 0 Å². The average molecular weight is 230 g/mol. The first-order valence-electron chi connectivity index (χ1n) is 6.57. The molecule has 0 radical (unpaired) electrons. The summed E-state index contributed by atoms with van der Waals surface area (Å²) in [5.41, 5.74) is 4.20. The van der Waals surface area contributed by atoms with Gasteiger partial charge in [0.05, 0.1) is 6.61 Å². The van der Waals surface area contributed by atoms with Crippen LogP contribution in [0.25, 0.3) is 5.57 Å². The van der Waals surface area contributed by atoms with Crippen LogP contribution in [0, 0.1) is 5.92 Å². The maximum atomic E-state index is 5.87. The van der Waals surface area contributed by atoms with Crippen molar-refractivity contribution in [3.63, 3.8) is 0 Å². The first kappa shape index (κ1) is 12.2. The van der Waals surface area contributed by atoms with Crippen LogP contribution in [0.3, 0.4) is 0 Å². The monoisotopic (exact) mass is 230 g/mol. The van der Waals surface area contributed by atoms with Crippen LogP contribution in [0.4, 0.5) is 0 Å². The summed E-state index contributed by atoms with van der Waals surface area (Å²) in [4.78, 5) is 0. The number of hydrogen-bond acceptors (Lipinski definition) is 1. The highest BCUT2D eigenvalue weighted by molar-refractivity contribution is 5.75. The second-order valence-corrected chi connectivity index (χ2v) is 5.33. The van der Waals surface area contributed by atoms with Gasteiger partial charge in [0.1, 0.15) is 5.75 Å². The summed E-state index contributed by atoms with van der Waals surface area (Å²) >= 11 is 0. The standard InChI is InChI=1S/C16H22O/c1-11(2)13-7-5-9-15-16(13)14(12(3)4)8-6-10-17-15/h5,7-9,11-12H,6,10H2,1-4H3. The highest BCUT2D eigenvalue weighted by Gasteiger charge is 2.19. The van der Waals surface area contributed by atoms with E-state index in [-0.39, 0.29) is 0 Å². The lowest BCUT2D eigenvalue weighted by molar-refractivity contribution is 0.326. The number of fused-ring (bicyclic) bond motifs is 1. The topological polar surface area (TPSA) is 9.23 Å². The van der Waals surface area contributed by atoms with Crippen molar-refractivity contribution in [1.29, 1.82) is 0 Å². The Morgan fingerprint density at radius 3 is 2.47 bits per heavy atom. The van der Waals surface area contributed by atoms with Crippen molar-refractivity contribution in [2.24, 2.45) is 5.92 Å². The van der Waals surface area contributed by atoms with Crippen molar-refractivity contribution >= 4 is 5.57 Å². The van der Waals surface area contributed by atoms with Crippen LogP contribution in [-0.2, 0) is 0 Å². The molecule has 1 aromatic carbocycles. The van der Waals surface area contributed by atoms with Crippen LogP contribution in [0.1, 0.15) is 51.2 Å². The minimum Gasteiger partial charge on any atom is -0.493 e. The van der Waals surface area contributed by atoms with Gasteiger partial charge in [0, 0.05) is 12.0 Å². The number of hydrogen-bond donors (Lipinski definition) is 0. The third-order valence-electron chi connectivity index (χ3n) is 3.33. The molecule has 0 atom stereocenters. The molecule has 0 saturated carbocycles. The van der Waals surface area contributed by atoms with Crippen LogP contribution in [0.5, 0.6) is 5.75 Å². The zero-order valence-corrected chi connectivity index (χ0v) is 11.3. The van der Waals surface area contributed by atoms with Gasteiger partial charge in [0.25, 0.3) is 0 Å². The molecule has 2 rings (SSSR count). The second-order valence-electron chi connectivity index (χ2n) is 5.33. The van der Waals surface area contributed by atoms with E-state index in [4.69, 9.17) is 4.74 Å². The number of benzene rings is 1. The highest BCUT2D eigenvalue weighted by atomic mass is 16.5. The Morgan fingerprint density at radius 1 is 1.06 bits per heavy atom. The summed E-state index contributed by atoms with van der Waals surface area (Å²) in [6.45, 7) is 9.82. The molecule has 0 bridgehead atoms. The van der Waals surface area contributed by atoms with Crippen molar-refractivity contribution < 1.29 is 4.74 Å². The van der Waals surface area contributed by atoms with Gasteiger partial charge in [-0.15, -0.1) is 0 Å². The van der Waals surface area contributed by atoms with Crippen molar-refractivity contribution in [2.75, 3.05) is 6.61 Å². The number of rotatable bonds is 2. The van der Waals surface area contributed by atoms with E-state index in [0.29, 0.717) is 11.8 Å². The normalized spacial score (nSPS) is 15.3. The zero-order valence-electron chi connectivity index (χ0n) is 11.3. The molecule has 1 nitrogen and oxygen atoms in total. The quantitative estimate of drug-likeness (QED) is 0.719. The van der Waals surface area contributed by atoms with E-state index in [1.165, 1.54) is 16.7 Å². The van der Waals surface area contributed by atoms with E-state index < -0.39 is 0 Å². The van der Waals surface area contributed by atoms with Crippen LogP contribution in [-0.4, -0.2) is 6.61 Å². The summed E-state index contributed by atoms with van der Waals surface area (Å²) in [5, 5.41) is 0. The van der Waals surface area contributed by atoms with Gasteiger partial charge in [-0.25, -0.2) is 0 Å². The Kier molecular flexibility index (Phi) is 3.56. The maximum Gasteiger partial charge on any atom is 0.127 e. The third kappa shape index (κ3) is 2.38. The Hall–Kier alpha value is -1.24. The van der Waals surface area contributed by atoms with E-state index in [2.05, 4.69) is 52.0 Å². The Balaban J connectivity index is 2.61. The first-order valence-corrected chi connectivity index (χ1v) is 6.57. The molecule has 0 fully saturated rings. The molecule has 0 N–H and O–H groups in total. The lowest BCUT2D eigenvalue weighted by atomic mass is 9.86. The number of ether oxygens (including phenoxy) is 1. The molecule has 0 amide bonds. The minimum atomic E-state index is 0.536. The largest absolute Gasteiger partial charge is 0.493 e. The van der Waals surface area contributed by atoms with Crippen molar-refractivity contribution in [1.82, 2.24) is 0 Å². The molecule has 1 aliphatic heterocycles. The molecule has 0 aromatic heterocycles. The fourth-order valence-corrected chi connectivity index (χ4v) is 2.47. The summed E-state index contributed by atoms with van der Waals surface area (Å²) in [5.74, 6) is 2.15. The summed E-state index contributed by atoms with van der Waals surface area (Å²) in [7, 11) is 0. The molecule has 17 heavy (non-hydrogen) atoms.